The lowest BCUT2D eigenvalue weighted by atomic mass is 10.2. The van der Waals surface area contributed by atoms with E-state index in [4.69, 9.17) is 9.84 Å². The second-order valence-electron chi connectivity index (χ2n) is 8.84. The SMILES string of the molecule is C[C@@H](Cn1cc(C(=O)O)ccc1=O)Nc1cnn(COCC[Si](C)(C)C)c(=O)c1C(F)(F)F. The Bertz CT molecular complexity index is 1110. The highest BCUT2D eigenvalue weighted by atomic mass is 28.3. The Hall–Kier alpha value is -2.93. The van der Waals surface area contributed by atoms with Crippen LogP contribution < -0.4 is 16.4 Å². The molecule has 33 heavy (non-hydrogen) atoms. The maximum Gasteiger partial charge on any atom is 0.423 e. The molecule has 2 N–H and O–H groups in total. The summed E-state index contributed by atoms with van der Waals surface area (Å²) >= 11 is 0. The van der Waals surface area contributed by atoms with Crippen LogP contribution in [0.4, 0.5) is 18.9 Å². The Balaban J connectivity index is 2.23. The molecule has 0 spiro atoms. The second kappa shape index (κ2) is 10.3. The molecule has 13 heteroatoms. The molecule has 0 unspecified atom stereocenters. The molecule has 2 aromatic rings. The zero-order valence-electron chi connectivity index (χ0n) is 18.8. The summed E-state index contributed by atoms with van der Waals surface area (Å²) in [5.74, 6) is -1.25. The van der Waals surface area contributed by atoms with Gasteiger partial charge in [-0.3, -0.25) is 9.59 Å². The molecule has 0 saturated carbocycles. The van der Waals surface area contributed by atoms with Crippen molar-refractivity contribution in [2.45, 2.75) is 58.1 Å². The van der Waals surface area contributed by atoms with Gasteiger partial charge in [0.1, 0.15) is 12.3 Å². The van der Waals surface area contributed by atoms with Crippen molar-refractivity contribution in [1.82, 2.24) is 14.3 Å². The van der Waals surface area contributed by atoms with Crippen LogP contribution in [0.25, 0.3) is 0 Å². The zero-order valence-corrected chi connectivity index (χ0v) is 19.8. The quantitative estimate of drug-likeness (QED) is 0.390. The number of pyridine rings is 1. The maximum absolute atomic E-state index is 13.7. The number of hydrogen-bond donors (Lipinski definition) is 2. The third-order valence-electron chi connectivity index (χ3n) is 4.64. The number of carboxylic acid groups (broad SMARTS) is 1. The van der Waals surface area contributed by atoms with E-state index < -0.39 is 55.4 Å². The van der Waals surface area contributed by atoms with E-state index in [0.29, 0.717) is 11.3 Å². The van der Waals surface area contributed by atoms with Gasteiger partial charge in [-0.15, -0.1) is 0 Å². The Morgan fingerprint density at radius 2 is 1.94 bits per heavy atom. The van der Waals surface area contributed by atoms with E-state index >= 15 is 0 Å². The van der Waals surface area contributed by atoms with E-state index in [1.165, 1.54) is 6.92 Å². The molecule has 1 atom stereocenters. The second-order valence-corrected chi connectivity index (χ2v) is 14.5. The van der Waals surface area contributed by atoms with Crippen LogP contribution in [0.1, 0.15) is 22.8 Å². The van der Waals surface area contributed by atoms with Crippen molar-refractivity contribution < 1.29 is 27.8 Å². The first-order valence-electron chi connectivity index (χ1n) is 10.1. The molecule has 182 valence electrons. The van der Waals surface area contributed by atoms with Gasteiger partial charge < -0.3 is 19.7 Å². The van der Waals surface area contributed by atoms with E-state index in [1.54, 1.807) is 0 Å². The van der Waals surface area contributed by atoms with Crippen molar-refractivity contribution in [2.24, 2.45) is 0 Å². The number of rotatable bonds is 10. The molecular weight excluding hydrogens is 461 g/mol. The molecule has 0 bridgehead atoms. The van der Waals surface area contributed by atoms with Crippen LogP contribution in [-0.2, 0) is 24.2 Å². The van der Waals surface area contributed by atoms with Gasteiger partial charge in [-0.25, -0.2) is 9.48 Å². The van der Waals surface area contributed by atoms with Gasteiger partial charge in [0.15, 0.2) is 0 Å². The van der Waals surface area contributed by atoms with Crippen molar-refractivity contribution in [3.63, 3.8) is 0 Å². The molecule has 2 rings (SSSR count). The lowest BCUT2D eigenvalue weighted by Gasteiger charge is -2.20. The lowest BCUT2D eigenvalue weighted by molar-refractivity contribution is -0.138. The number of carboxylic acids is 1. The molecule has 0 amide bonds. The first-order valence-corrected chi connectivity index (χ1v) is 13.8. The van der Waals surface area contributed by atoms with Gasteiger partial charge in [-0.05, 0) is 19.0 Å². The van der Waals surface area contributed by atoms with Gasteiger partial charge in [0.25, 0.3) is 11.1 Å². The molecule has 0 aromatic carbocycles. The van der Waals surface area contributed by atoms with E-state index in [1.807, 2.05) is 0 Å². The van der Waals surface area contributed by atoms with Gasteiger partial charge in [-0.1, -0.05) is 19.6 Å². The number of nitrogens with one attached hydrogen (secondary N) is 1. The van der Waals surface area contributed by atoms with Crippen molar-refractivity contribution >= 4 is 19.7 Å². The topological polar surface area (TPSA) is 115 Å². The highest BCUT2D eigenvalue weighted by Crippen LogP contribution is 2.32. The number of aromatic nitrogens is 3. The number of hydrogen-bond acceptors (Lipinski definition) is 6. The molecule has 0 aliphatic rings. The molecule has 0 saturated heterocycles. The number of anilines is 1. The maximum atomic E-state index is 13.7. The first-order chi connectivity index (χ1) is 15.2. The lowest BCUT2D eigenvalue weighted by Crippen LogP contribution is -2.35. The Labute approximate surface area is 188 Å². The van der Waals surface area contributed by atoms with Crippen molar-refractivity contribution in [2.75, 3.05) is 11.9 Å². The molecular formula is C20H27F3N4O5Si. The fourth-order valence-electron chi connectivity index (χ4n) is 2.90. The van der Waals surface area contributed by atoms with Crippen molar-refractivity contribution in [1.29, 1.82) is 0 Å². The number of ether oxygens (including phenoxy) is 1. The van der Waals surface area contributed by atoms with E-state index in [2.05, 4.69) is 30.1 Å². The summed E-state index contributed by atoms with van der Waals surface area (Å²) in [5.41, 5.74) is -3.98. The van der Waals surface area contributed by atoms with Crippen LogP contribution in [0.15, 0.2) is 34.1 Å². The van der Waals surface area contributed by atoms with Gasteiger partial charge in [0, 0.05) is 39.5 Å². The van der Waals surface area contributed by atoms with Crippen LogP contribution in [0, 0.1) is 0 Å². The number of carbonyl (C=O) groups is 1. The molecule has 0 radical (unpaired) electrons. The number of aromatic carboxylic acids is 1. The molecule has 2 heterocycles. The minimum Gasteiger partial charge on any atom is -0.478 e. The summed E-state index contributed by atoms with van der Waals surface area (Å²) in [7, 11) is -1.40. The first kappa shape index (κ1) is 26.3. The van der Waals surface area contributed by atoms with Crippen LogP contribution in [0.2, 0.25) is 25.7 Å². The van der Waals surface area contributed by atoms with Crippen molar-refractivity contribution in [3.05, 3.63) is 56.4 Å². The van der Waals surface area contributed by atoms with Crippen LogP contribution in [-0.4, -0.2) is 46.1 Å². The summed E-state index contributed by atoms with van der Waals surface area (Å²) in [5, 5.41) is 15.4. The predicted molar refractivity (Wildman–Crippen MR) is 118 cm³/mol. The summed E-state index contributed by atoms with van der Waals surface area (Å²) in [4.78, 5) is 35.6. The molecule has 0 aliphatic carbocycles. The zero-order chi connectivity index (χ0) is 25.0. The summed E-state index contributed by atoms with van der Waals surface area (Å²) in [6.45, 7) is 7.62. The Morgan fingerprint density at radius 1 is 1.27 bits per heavy atom. The van der Waals surface area contributed by atoms with Crippen LogP contribution >= 0.6 is 0 Å². The highest BCUT2D eigenvalue weighted by Gasteiger charge is 2.38. The average molecular weight is 489 g/mol. The van der Waals surface area contributed by atoms with Crippen LogP contribution in [0.3, 0.4) is 0 Å². The van der Waals surface area contributed by atoms with Gasteiger partial charge in [0.05, 0.1) is 17.4 Å². The summed E-state index contributed by atoms with van der Waals surface area (Å²) in [6.07, 6.45) is -2.97. The molecule has 0 aliphatic heterocycles. The Kier molecular flexibility index (Phi) is 8.24. The molecule has 0 fully saturated rings. The van der Waals surface area contributed by atoms with Gasteiger partial charge >= 0.3 is 12.1 Å². The van der Waals surface area contributed by atoms with Gasteiger partial charge in [-0.2, -0.15) is 18.3 Å². The largest absolute Gasteiger partial charge is 0.478 e. The standard InChI is InChI=1S/C20H27F3N4O5Si/c1-13(10-26-11-14(19(30)31)5-6-16(26)28)25-15-9-24-27(12-32-7-8-33(2,3)4)18(29)17(15)20(21,22)23/h5-6,9,11,13,25H,7-8,10,12H2,1-4H3,(H,30,31)/t13-/m0/s1. The Morgan fingerprint density at radius 3 is 2.52 bits per heavy atom. The number of alkyl halides is 3. The predicted octanol–water partition coefficient (Wildman–Crippen LogP) is 2.93. The average Bonchev–Trinajstić information content (AvgIpc) is 2.66. The third-order valence-corrected chi connectivity index (χ3v) is 6.34. The van der Waals surface area contributed by atoms with E-state index in [9.17, 15) is 27.6 Å². The summed E-state index contributed by atoms with van der Waals surface area (Å²) < 4.78 is 48.1. The molecule has 9 nitrogen and oxygen atoms in total. The van der Waals surface area contributed by atoms with E-state index in [-0.39, 0.29) is 12.1 Å². The molecule has 2 aromatic heterocycles. The summed E-state index contributed by atoms with van der Waals surface area (Å²) in [6, 6.07) is 2.21. The number of nitrogens with zero attached hydrogens (tertiary/aromatic N) is 3. The fourth-order valence-corrected chi connectivity index (χ4v) is 3.66. The monoisotopic (exact) mass is 488 g/mol. The van der Waals surface area contributed by atoms with E-state index in [0.717, 1.165) is 35.1 Å². The minimum absolute atomic E-state index is 0.139. The smallest absolute Gasteiger partial charge is 0.423 e. The number of halogens is 3. The normalized spacial score (nSPS) is 13.1. The van der Waals surface area contributed by atoms with Gasteiger partial charge in [0.2, 0.25) is 0 Å². The fraction of sp³-hybridized carbons (Fsp3) is 0.500. The van der Waals surface area contributed by atoms with Crippen molar-refractivity contribution in [3.8, 4) is 0 Å². The van der Waals surface area contributed by atoms with Crippen LogP contribution in [0.5, 0.6) is 0 Å². The highest BCUT2D eigenvalue weighted by molar-refractivity contribution is 6.76. The minimum atomic E-state index is -4.96. The third kappa shape index (κ3) is 7.56.